The van der Waals surface area contributed by atoms with Crippen molar-refractivity contribution >= 4 is 27.3 Å². The zero-order valence-corrected chi connectivity index (χ0v) is 16.5. The zero-order chi connectivity index (χ0) is 18.1. The Labute approximate surface area is 154 Å². The largest absolute Gasteiger partial charge is 0.379 e. The van der Waals surface area contributed by atoms with Gasteiger partial charge in [0.05, 0.1) is 19.0 Å². The molecule has 0 radical (unpaired) electrons. The van der Waals surface area contributed by atoms with Crippen molar-refractivity contribution in [1.82, 2.24) is 14.9 Å². The van der Waals surface area contributed by atoms with E-state index in [-0.39, 0.29) is 5.75 Å². The quantitative estimate of drug-likeness (QED) is 0.514. The third-order valence-corrected chi connectivity index (χ3v) is 6.57. The molecule has 142 valence electrons. The number of guanidine groups is 1. The van der Waals surface area contributed by atoms with Crippen LogP contribution in [0.5, 0.6) is 0 Å². The summed E-state index contributed by atoms with van der Waals surface area (Å²) in [7, 11) is -3.25. The molecule has 0 aliphatic carbocycles. The van der Waals surface area contributed by atoms with Crippen LogP contribution in [-0.2, 0) is 14.8 Å². The summed E-state index contributed by atoms with van der Waals surface area (Å²) in [6.45, 7) is 7.66. The smallest absolute Gasteiger partial charge is 0.215 e. The van der Waals surface area contributed by atoms with Crippen LogP contribution in [0, 0.1) is 0 Å². The summed E-state index contributed by atoms with van der Waals surface area (Å²) in [6.07, 6.45) is 0. The van der Waals surface area contributed by atoms with Gasteiger partial charge in [-0.3, -0.25) is 4.99 Å². The second kappa shape index (κ2) is 10.1. The Morgan fingerprint density at radius 3 is 2.80 bits per heavy atom. The number of hydrogen-bond acceptors (Lipinski definition) is 5. The van der Waals surface area contributed by atoms with Crippen LogP contribution in [0.2, 0.25) is 0 Å². The molecule has 0 saturated carbocycles. The molecule has 1 aromatic heterocycles. The summed E-state index contributed by atoms with van der Waals surface area (Å²) >= 11 is 1.68. The molecule has 0 bridgehead atoms. The Morgan fingerprint density at radius 1 is 1.40 bits per heavy atom. The van der Waals surface area contributed by atoms with Gasteiger partial charge in [-0.15, -0.1) is 0 Å². The summed E-state index contributed by atoms with van der Waals surface area (Å²) in [5, 5.41) is 10.5. The first-order valence-electron chi connectivity index (χ1n) is 8.62. The van der Waals surface area contributed by atoms with E-state index in [0.29, 0.717) is 51.3 Å². The fourth-order valence-electron chi connectivity index (χ4n) is 2.48. The van der Waals surface area contributed by atoms with Crippen LogP contribution in [0.1, 0.15) is 25.3 Å². The molecule has 0 spiro atoms. The van der Waals surface area contributed by atoms with E-state index < -0.39 is 10.0 Å². The lowest BCUT2D eigenvalue weighted by Gasteiger charge is -2.26. The summed E-state index contributed by atoms with van der Waals surface area (Å²) in [6, 6.07) is 2.11. The number of nitrogens with one attached hydrogen (secondary N) is 2. The van der Waals surface area contributed by atoms with Crippen molar-refractivity contribution in [3.63, 3.8) is 0 Å². The molecule has 1 aliphatic rings. The molecule has 1 saturated heterocycles. The highest BCUT2D eigenvalue weighted by atomic mass is 32.2. The molecule has 7 nitrogen and oxygen atoms in total. The van der Waals surface area contributed by atoms with Gasteiger partial charge >= 0.3 is 0 Å². The minimum atomic E-state index is -3.25. The molecule has 2 N–H and O–H groups in total. The molecule has 1 aliphatic heterocycles. The van der Waals surface area contributed by atoms with Crippen molar-refractivity contribution in [2.45, 2.75) is 19.8 Å². The molecular formula is C16H28N4O3S2. The number of morpholine rings is 1. The van der Waals surface area contributed by atoms with Gasteiger partial charge in [0.25, 0.3) is 0 Å². The molecule has 0 amide bonds. The van der Waals surface area contributed by atoms with Crippen LogP contribution < -0.4 is 10.6 Å². The van der Waals surface area contributed by atoms with Gasteiger partial charge in [-0.2, -0.15) is 15.6 Å². The SMILES string of the molecule is CCNC(=NCC(C)c1ccsc1)NCCS(=O)(=O)N1CCOCC1. The lowest BCUT2D eigenvalue weighted by molar-refractivity contribution is 0.0730. The maximum atomic E-state index is 12.3. The highest BCUT2D eigenvalue weighted by molar-refractivity contribution is 7.89. The predicted molar refractivity (Wildman–Crippen MR) is 103 cm³/mol. The Kier molecular flexibility index (Phi) is 8.14. The van der Waals surface area contributed by atoms with Crippen molar-refractivity contribution in [3.05, 3.63) is 22.4 Å². The van der Waals surface area contributed by atoms with E-state index in [2.05, 4.69) is 39.4 Å². The highest BCUT2D eigenvalue weighted by Gasteiger charge is 2.23. The molecular weight excluding hydrogens is 360 g/mol. The summed E-state index contributed by atoms with van der Waals surface area (Å²) < 4.78 is 31.3. The van der Waals surface area contributed by atoms with Crippen molar-refractivity contribution in [2.24, 2.45) is 4.99 Å². The Bertz CT molecular complexity index is 626. The van der Waals surface area contributed by atoms with E-state index in [1.54, 1.807) is 11.3 Å². The lowest BCUT2D eigenvalue weighted by atomic mass is 10.1. The summed E-state index contributed by atoms with van der Waals surface area (Å²) in [5.74, 6) is 1.04. The maximum absolute atomic E-state index is 12.3. The lowest BCUT2D eigenvalue weighted by Crippen LogP contribution is -2.45. The number of nitrogens with zero attached hydrogens (tertiary/aromatic N) is 2. The molecule has 9 heteroatoms. The molecule has 1 unspecified atom stereocenters. The number of hydrogen-bond donors (Lipinski definition) is 2. The van der Waals surface area contributed by atoms with Gasteiger partial charge in [0, 0.05) is 38.6 Å². The summed E-state index contributed by atoms with van der Waals surface area (Å²) in [4.78, 5) is 4.57. The van der Waals surface area contributed by atoms with E-state index in [1.807, 2.05) is 6.92 Å². The first-order chi connectivity index (χ1) is 12.0. The standard InChI is InChI=1S/C16H28N4O3S2/c1-3-17-16(19-12-14(2)15-4-10-24-13-15)18-5-11-25(21,22)20-6-8-23-9-7-20/h4,10,13-14H,3,5-9,11-12H2,1-2H3,(H2,17,18,19). The van der Waals surface area contributed by atoms with Crippen molar-refractivity contribution in [3.8, 4) is 0 Å². The average molecular weight is 389 g/mol. The van der Waals surface area contributed by atoms with Crippen LogP contribution in [0.4, 0.5) is 0 Å². The van der Waals surface area contributed by atoms with Crippen molar-refractivity contribution < 1.29 is 13.2 Å². The Balaban J connectivity index is 1.83. The third-order valence-electron chi connectivity index (χ3n) is 4.00. The molecule has 0 aromatic carbocycles. The molecule has 1 fully saturated rings. The van der Waals surface area contributed by atoms with Crippen LogP contribution in [-0.4, -0.2) is 70.4 Å². The first-order valence-corrected chi connectivity index (χ1v) is 11.2. The molecule has 1 atom stereocenters. The zero-order valence-electron chi connectivity index (χ0n) is 14.9. The highest BCUT2D eigenvalue weighted by Crippen LogP contribution is 2.18. The van der Waals surface area contributed by atoms with Gasteiger partial charge in [0.15, 0.2) is 5.96 Å². The van der Waals surface area contributed by atoms with Crippen LogP contribution in [0.15, 0.2) is 21.8 Å². The average Bonchev–Trinajstić information content (AvgIpc) is 3.15. The van der Waals surface area contributed by atoms with E-state index >= 15 is 0 Å². The molecule has 2 heterocycles. The van der Waals surface area contributed by atoms with E-state index in [9.17, 15) is 8.42 Å². The first kappa shape index (κ1) is 20.2. The summed E-state index contributed by atoms with van der Waals surface area (Å²) in [5.41, 5.74) is 1.28. The van der Waals surface area contributed by atoms with E-state index in [4.69, 9.17) is 4.74 Å². The van der Waals surface area contributed by atoms with Gasteiger partial charge < -0.3 is 15.4 Å². The van der Waals surface area contributed by atoms with Gasteiger partial charge in [-0.25, -0.2) is 8.42 Å². The van der Waals surface area contributed by atoms with Gasteiger partial charge in [-0.1, -0.05) is 6.92 Å². The van der Waals surface area contributed by atoms with Crippen molar-refractivity contribution in [2.75, 3.05) is 51.7 Å². The van der Waals surface area contributed by atoms with Gasteiger partial charge in [-0.05, 0) is 29.3 Å². The second-order valence-electron chi connectivity index (χ2n) is 5.93. The Hall–Kier alpha value is -1.16. The maximum Gasteiger partial charge on any atom is 0.215 e. The normalized spacial score (nSPS) is 18.1. The fraction of sp³-hybridized carbons (Fsp3) is 0.688. The molecule has 1 aromatic rings. The van der Waals surface area contributed by atoms with Crippen LogP contribution >= 0.6 is 11.3 Å². The van der Waals surface area contributed by atoms with Crippen LogP contribution in [0.25, 0.3) is 0 Å². The molecule has 25 heavy (non-hydrogen) atoms. The number of rotatable bonds is 8. The fourth-order valence-corrected chi connectivity index (χ4v) is 4.59. The number of ether oxygens (including phenoxy) is 1. The van der Waals surface area contributed by atoms with Gasteiger partial charge in [0.1, 0.15) is 0 Å². The number of sulfonamides is 1. The second-order valence-corrected chi connectivity index (χ2v) is 8.80. The van der Waals surface area contributed by atoms with Crippen molar-refractivity contribution in [1.29, 1.82) is 0 Å². The monoisotopic (exact) mass is 388 g/mol. The predicted octanol–water partition coefficient (Wildman–Crippen LogP) is 1.07. The number of aliphatic imine (C=N–C) groups is 1. The van der Waals surface area contributed by atoms with E-state index in [1.165, 1.54) is 9.87 Å². The minimum absolute atomic E-state index is 0.0531. The van der Waals surface area contributed by atoms with Gasteiger partial charge in [0.2, 0.25) is 10.0 Å². The minimum Gasteiger partial charge on any atom is -0.379 e. The third kappa shape index (κ3) is 6.58. The van der Waals surface area contributed by atoms with Crippen LogP contribution in [0.3, 0.4) is 0 Å². The topological polar surface area (TPSA) is 83.0 Å². The van der Waals surface area contributed by atoms with E-state index in [0.717, 1.165) is 6.54 Å². The number of thiophene rings is 1. The Morgan fingerprint density at radius 2 is 2.16 bits per heavy atom. The molecule has 2 rings (SSSR count).